The third kappa shape index (κ3) is 6.88. The van der Waals surface area contributed by atoms with E-state index in [-0.39, 0.29) is 0 Å². The molecule has 0 spiro atoms. The molecular weight excluding hydrogens is 188 g/mol. The van der Waals surface area contributed by atoms with Gasteiger partial charge in [0.25, 0.3) is 0 Å². The van der Waals surface area contributed by atoms with Crippen LogP contribution in [0.4, 0.5) is 0 Å². The van der Waals surface area contributed by atoms with Crippen molar-refractivity contribution in [2.75, 3.05) is 45.9 Å². The highest BCUT2D eigenvalue weighted by Gasteiger charge is 2.10. The molecule has 0 atom stereocenters. The summed E-state index contributed by atoms with van der Waals surface area (Å²) in [6, 6.07) is 0. The topological polar surface area (TPSA) is 24.5 Å². The van der Waals surface area contributed by atoms with Gasteiger partial charge in [0.2, 0.25) is 0 Å². The van der Waals surface area contributed by atoms with Crippen molar-refractivity contribution < 1.29 is 4.74 Å². The second kappa shape index (κ2) is 6.46. The van der Waals surface area contributed by atoms with Gasteiger partial charge in [-0.05, 0) is 11.8 Å². The number of hydrogen-bond donors (Lipinski definition) is 1. The van der Waals surface area contributed by atoms with Crippen molar-refractivity contribution in [3.8, 4) is 0 Å². The Morgan fingerprint density at radius 1 is 1.13 bits per heavy atom. The lowest BCUT2D eigenvalue weighted by molar-refractivity contribution is 0.0820. The smallest absolute Gasteiger partial charge is 0.0593 e. The number of ether oxygens (including phenoxy) is 1. The Bertz CT molecular complexity index is 159. The average molecular weight is 214 g/mol. The van der Waals surface area contributed by atoms with E-state index in [1.165, 1.54) is 13.1 Å². The van der Waals surface area contributed by atoms with E-state index in [2.05, 4.69) is 31.0 Å². The molecule has 1 aliphatic rings. The van der Waals surface area contributed by atoms with Crippen LogP contribution in [0.3, 0.4) is 0 Å². The number of nitrogens with zero attached hydrogens (tertiary/aromatic N) is 1. The van der Waals surface area contributed by atoms with Gasteiger partial charge in [0.1, 0.15) is 0 Å². The summed E-state index contributed by atoms with van der Waals surface area (Å²) in [4.78, 5) is 2.47. The highest BCUT2D eigenvalue weighted by molar-refractivity contribution is 4.67. The van der Waals surface area contributed by atoms with Crippen LogP contribution in [0.15, 0.2) is 0 Å². The lowest BCUT2D eigenvalue weighted by Crippen LogP contribution is -2.44. The minimum Gasteiger partial charge on any atom is -0.380 e. The van der Waals surface area contributed by atoms with E-state index in [0.717, 1.165) is 39.3 Å². The summed E-state index contributed by atoms with van der Waals surface area (Å²) in [5.41, 5.74) is 0.398. The quantitative estimate of drug-likeness (QED) is 0.699. The summed E-state index contributed by atoms with van der Waals surface area (Å²) in [6.45, 7) is 14.2. The molecule has 1 aliphatic heterocycles. The van der Waals surface area contributed by atoms with E-state index in [9.17, 15) is 0 Å². The lowest BCUT2D eigenvalue weighted by Gasteiger charge is -2.27. The summed E-state index contributed by atoms with van der Waals surface area (Å²) in [6.07, 6.45) is 1.15. The first-order valence-electron chi connectivity index (χ1n) is 6.09. The summed E-state index contributed by atoms with van der Waals surface area (Å²) < 4.78 is 5.65. The molecule has 0 radical (unpaired) electrons. The molecule has 0 aromatic carbocycles. The maximum atomic E-state index is 5.65. The maximum absolute atomic E-state index is 5.65. The molecular formula is C12H26N2O. The molecule has 15 heavy (non-hydrogen) atoms. The lowest BCUT2D eigenvalue weighted by atomic mass is 9.93. The standard InChI is InChI=1S/C12H26N2O/c1-12(2,3)4-10-15-11-9-14-7-5-13-6-8-14/h13H,4-11H2,1-3H3. The van der Waals surface area contributed by atoms with Gasteiger partial charge < -0.3 is 10.1 Å². The van der Waals surface area contributed by atoms with E-state index in [1.807, 2.05) is 0 Å². The summed E-state index contributed by atoms with van der Waals surface area (Å²) in [5, 5.41) is 3.35. The Hall–Kier alpha value is -0.120. The fourth-order valence-electron chi connectivity index (χ4n) is 1.61. The Morgan fingerprint density at radius 3 is 2.40 bits per heavy atom. The summed E-state index contributed by atoms with van der Waals surface area (Å²) in [5.74, 6) is 0. The second-order valence-corrected chi connectivity index (χ2v) is 5.51. The van der Waals surface area contributed by atoms with Crippen molar-refractivity contribution in [3.05, 3.63) is 0 Å². The molecule has 1 N–H and O–H groups in total. The van der Waals surface area contributed by atoms with Crippen LogP contribution in [0.2, 0.25) is 0 Å². The average Bonchev–Trinajstić information content (AvgIpc) is 2.17. The number of hydrogen-bond acceptors (Lipinski definition) is 3. The molecule has 1 saturated heterocycles. The van der Waals surface area contributed by atoms with Gasteiger partial charge in [0, 0.05) is 39.3 Å². The van der Waals surface area contributed by atoms with Crippen molar-refractivity contribution in [2.45, 2.75) is 27.2 Å². The first-order chi connectivity index (χ1) is 7.08. The largest absolute Gasteiger partial charge is 0.380 e. The SMILES string of the molecule is CC(C)(C)CCOCCN1CCNCC1. The van der Waals surface area contributed by atoms with Gasteiger partial charge in [-0.1, -0.05) is 20.8 Å². The molecule has 1 heterocycles. The van der Waals surface area contributed by atoms with Crippen LogP contribution in [0.25, 0.3) is 0 Å². The Labute approximate surface area is 94.2 Å². The number of piperazine rings is 1. The van der Waals surface area contributed by atoms with Crippen LogP contribution >= 0.6 is 0 Å². The molecule has 90 valence electrons. The predicted octanol–water partition coefficient (Wildman–Crippen LogP) is 1.34. The molecule has 0 bridgehead atoms. The Morgan fingerprint density at radius 2 is 1.80 bits per heavy atom. The zero-order valence-corrected chi connectivity index (χ0v) is 10.5. The first kappa shape index (κ1) is 12.9. The van der Waals surface area contributed by atoms with Crippen LogP contribution in [0.1, 0.15) is 27.2 Å². The molecule has 0 saturated carbocycles. The molecule has 0 aromatic rings. The van der Waals surface area contributed by atoms with Crippen LogP contribution in [-0.4, -0.2) is 50.8 Å². The highest BCUT2D eigenvalue weighted by Crippen LogP contribution is 2.17. The predicted molar refractivity (Wildman–Crippen MR) is 64.2 cm³/mol. The van der Waals surface area contributed by atoms with Gasteiger partial charge in [-0.15, -0.1) is 0 Å². The third-order valence-corrected chi connectivity index (χ3v) is 2.76. The zero-order valence-electron chi connectivity index (χ0n) is 10.5. The number of rotatable bonds is 5. The van der Waals surface area contributed by atoms with Crippen molar-refractivity contribution in [1.82, 2.24) is 10.2 Å². The monoisotopic (exact) mass is 214 g/mol. The molecule has 0 unspecified atom stereocenters. The van der Waals surface area contributed by atoms with E-state index < -0.39 is 0 Å². The van der Waals surface area contributed by atoms with Crippen molar-refractivity contribution in [1.29, 1.82) is 0 Å². The fraction of sp³-hybridized carbons (Fsp3) is 1.00. The minimum absolute atomic E-state index is 0.398. The van der Waals surface area contributed by atoms with Crippen LogP contribution in [-0.2, 0) is 4.74 Å². The van der Waals surface area contributed by atoms with Crippen LogP contribution in [0, 0.1) is 5.41 Å². The maximum Gasteiger partial charge on any atom is 0.0593 e. The molecule has 1 rings (SSSR count). The molecule has 0 aromatic heterocycles. The normalized spacial score (nSPS) is 19.4. The van der Waals surface area contributed by atoms with E-state index in [4.69, 9.17) is 4.74 Å². The van der Waals surface area contributed by atoms with E-state index in [0.29, 0.717) is 5.41 Å². The molecule has 0 amide bonds. The van der Waals surface area contributed by atoms with Gasteiger partial charge >= 0.3 is 0 Å². The van der Waals surface area contributed by atoms with Crippen molar-refractivity contribution >= 4 is 0 Å². The molecule has 3 heteroatoms. The zero-order chi connectivity index (χ0) is 11.1. The van der Waals surface area contributed by atoms with Gasteiger partial charge in [-0.2, -0.15) is 0 Å². The summed E-state index contributed by atoms with van der Waals surface area (Å²) in [7, 11) is 0. The molecule has 0 aliphatic carbocycles. The van der Waals surface area contributed by atoms with Crippen molar-refractivity contribution in [3.63, 3.8) is 0 Å². The van der Waals surface area contributed by atoms with Gasteiger partial charge in [0.15, 0.2) is 0 Å². The van der Waals surface area contributed by atoms with Crippen LogP contribution < -0.4 is 5.32 Å². The van der Waals surface area contributed by atoms with Gasteiger partial charge in [0.05, 0.1) is 6.61 Å². The highest BCUT2D eigenvalue weighted by atomic mass is 16.5. The Balaban J connectivity index is 1.92. The molecule has 1 fully saturated rings. The third-order valence-electron chi connectivity index (χ3n) is 2.76. The van der Waals surface area contributed by atoms with E-state index in [1.54, 1.807) is 0 Å². The number of nitrogens with one attached hydrogen (secondary N) is 1. The summed E-state index contributed by atoms with van der Waals surface area (Å²) >= 11 is 0. The van der Waals surface area contributed by atoms with Crippen molar-refractivity contribution in [2.24, 2.45) is 5.41 Å². The van der Waals surface area contributed by atoms with Crippen LogP contribution in [0.5, 0.6) is 0 Å². The van der Waals surface area contributed by atoms with Gasteiger partial charge in [-0.3, -0.25) is 4.90 Å². The van der Waals surface area contributed by atoms with E-state index >= 15 is 0 Å². The first-order valence-corrected chi connectivity index (χ1v) is 6.09. The minimum atomic E-state index is 0.398. The van der Waals surface area contributed by atoms with Gasteiger partial charge in [-0.25, -0.2) is 0 Å². The fourth-order valence-corrected chi connectivity index (χ4v) is 1.61. The molecule has 3 nitrogen and oxygen atoms in total. The Kier molecular flexibility index (Phi) is 5.58. The second-order valence-electron chi connectivity index (χ2n) is 5.51.